The van der Waals surface area contributed by atoms with Crippen molar-refractivity contribution in [1.29, 1.82) is 0 Å². The molecule has 0 aromatic rings. The summed E-state index contributed by atoms with van der Waals surface area (Å²) >= 11 is 0. The van der Waals surface area contributed by atoms with Crippen LogP contribution in [0.15, 0.2) is 12.2 Å². The number of rotatable bonds is 0. The standard InChI is InChI=1S/C12H20O2/c13-12-10-8-6-4-2-1-3-5-7-9-11-14-12/h7,9H,1-6,8,10-11H2/b9-7-. The summed E-state index contributed by atoms with van der Waals surface area (Å²) in [4.78, 5) is 11.1. The molecule has 0 amide bonds. The SMILES string of the molecule is O=C1CCCCCCCC/C=C\CO1. The highest BCUT2D eigenvalue weighted by Gasteiger charge is 2.01. The molecule has 1 heterocycles. The van der Waals surface area contributed by atoms with Crippen LogP contribution in [0.5, 0.6) is 0 Å². The molecule has 1 aliphatic rings. The monoisotopic (exact) mass is 196 g/mol. The fraction of sp³-hybridized carbons (Fsp3) is 0.750. The topological polar surface area (TPSA) is 26.3 Å². The van der Waals surface area contributed by atoms with Gasteiger partial charge in [0.1, 0.15) is 6.61 Å². The van der Waals surface area contributed by atoms with Gasteiger partial charge < -0.3 is 4.74 Å². The Labute approximate surface area is 86.3 Å². The molecule has 80 valence electrons. The van der Waals surface area contributed by atoms with Crippen molar-refractivity contribution in [3.8, 4) is 0 Å². The average Bonchev–Trinajstić information content (AvgIpc) is 2.20. The lowest BCUT2D eigenvalue weighted by atomic mass is 10.1. The molecule has 0 fully saturated rings. The Morgan fingerprint density at radius 1 is 0.929 bits per heavy atom. The van der Waals surface area contributed by atoms with E-state index in [0.29, 0.717) is 13.0 Å². The first kappa shape index (κ1) is 11.3. The van der Waals surface area contributed by atoms with Gasteiger partial charge in [0.2, 0.25) is 0 Å². The van der Waals surface area contributed by atoms with E-state index in [9.17, 15) is 4.79 Å². The fourth-order valence-corrected chi connectivity index (χ4v) is 1.64. The van der Waals surface area contributed by atoms with Crippen molar-refractivity contribution >= 4 is 5.97 Å². The van der Waals surface area contributed by atoms with Crippen molar-refractivity contribution in [2.45, 2.75) is 51.4 Å². The molecule has 1 rings (SSSR count). The summed E-state index contributed by atoms with van der Waals surface area (Å²) in [5.74, 6) is -0.0473. The molecule has 14 heavy (non-hydrogen) atoms. The van der Waals surface area contributed by atoms with E-state index in [0.717, 1.165) is 12.8 Å². The minimum absolute atomic E-state index is 0.0473. The molecule has 0 atom stereocenters. The molecule has 0 radical (unpaired) electrons. The summed E-state index contributed by atoms with van der Waals surface area (Å²) in [5.41, 5.74) is 0. The Morgan fingerprint density at radius 3 is 2.50 bits per heavy atom. The molecular formula is C12H20O2. The second-order valence-corrected chi connectivity index (χ2v) is 3.81. The Morgan fingerprint density at radius 2 is 1.64 bits per heavy atom. The summed E-state index contributed by atoms with van der Waals surface area (Å²) < 4.78 is 5.03. The van der Waals surface area contributed by atoms with Crippen LogP contribution in [0.2, 0.25) is 0 Å². The first-order valence-corrected chi connectivity index (χ1v) is 5.70. The number of hydrogen-bond acceptors (Lipinski definition) is 2. The second kappa shape index (κ2) is 7.60. The highest BCUT2D eigenvalue weighted by atomic mass is 16.5. The molecule has 2 nitrogen and oxygen atoms in total. The first-order chi connectivity index (χ1) is 6.89. The molecule has 0 saturated heterocycles. The van der Waals surface area contributed by atoms with Crippen molar-refractivity contribution < 1.29 is 9.53 Å². The van der Waals surface area contributed by atoms with Crippen LogP contribution < -0.4 is 0 Å². The van der Waals surface area contributed by atoms with Gasteiger partial charge in [-0.25, -0.2) is 0 Å². The van der Waals surface area contributed by atoms with Gasteiger partial charge in [0.15, 0.2) is 0 Å². The second-order valence-electron chi connectivity index (χ2n) is 3.81. The number of hydrogen-bond donors (Lipinski definition) is 0. The number of carbonyl (C=O) groups excluding carboxylic acids is 1. The smallest absolute Gasteiger partial charge is 0.306 e. The predicted molar refractivity (Wildman–Crippen MR) is 57.0 cm³/mol. The van der Waals surface area contributed by atoms with Crippen molar-refractivity contribution in [3.05, 3.63) is 12.2 Å². The molecule has 1 aliphatic heterocycles. The maximum Gasteiger partial charge on any atom is 0.306 e. The first-order valence-electron chi connectivity index (χ1n) is 5.70. The number of esters is 1. The average molecular weight is 196 g/mol. The van der Waals surface area contributed by atoms with E-state index in [1.54, 1.807) is 0 Å². The largest absolute Gasteiger partial charge is 0.461 e. The van der Waals surface area contributed by atoms with Gasteiger partial charge in [-0.3, -0.25) is 4.79 Å². The Balaban J connectivity index is 2.23. The van der Waals surface area contributed by atoms with Gasteiger partial charge in [-0.05, 0) is 19.3 Å². The van der Waals surface area contributed by atoms with Gasteiger partial charge in [-0.1, -0.05) is 37.8 Å². The van der Waals surface area contributed by atoms with E-state index in [-0.39, 0.29) is 5.97 Å². The lowest BCUT2D eigenvalue weighted by Gasteiger charge is -2.01. The molecular weight excluding hydrogens is 176 g/mol. The highest BCUT2D eigenvalue weighted by Crippen LogP contribution is 2.10. The quantitative estimate of drug-likeness (QED) is 0.439. The molecule has 0 bridgehead atoms. The zero-order valence-corrected chi connectivity index (χ0v) is 8.84. The third-order valence-corrected chi connectivity index (χ3v) is 2.51. The van der Waals surface area contributed by atoms with Crippen LogP contribution in [0.4, 0.5) is 0 Å². The van der Waals surface area contributed by atoms with E-state index in [2.05, 4.69) is 6.08 Å². The summed E-state index contributed by atoms with van der Waals surface area (Å²) in [6.07, 6.45) is 13.1. The molecule has 0 spiro atoms. The van der Waals surface area contributed by atoms with Gasteiger partial charge in [0.25, 0.3) is 0 Å². The Kier molecular flexibility index (Phi) is 6.13. The minimum Gasteiger partial charge on any atom is -0.461 e. The maximum absolute atomic E-state index is 11.1. The summed E-state index contributed by atoms with van der Waals surface area (Å²) in [6.45, 7) is 0.457. The van der Waals surface area contributed by atoms with Crippen LogP contribution in [0.1, 0.15) is 51.4 Å². The number of carbonyl (C=O) groups is 1. The molecule has 0 unspecified atom stereocenters. The van der Waals surface area contributed by atoms with Crippen molar-refractivity contribution in [3.63, 3.8) is 0 Å². The predicted octanol–water partition coefficient (Wildman–Crippen LogP) is 3.22. The lowest BCUT2D eigenvalue weighted by molar-refractivity contribution is -0.142. The van der Waals surface area contributed by atoms with E-state index in [1.165, 1.54) is 32.1 Å². The van der Waals surface area contributed by atoms with E-state index < -0.39 is 0 Å². The van der Waals surface area contributed by atoms with Crippen LogP contribution >= 0.6 is 0 Å². The Hall–Kier alpha value is -0.790. The van der Waals surface area contributed by atoms with Crippen molar-refractivity contribution in [1.82, 2.24) is 0 Å². The summed E-state index contributed by atoms with van der Waals surface area (Å²) in [6, 6.07) is 0. The zero-order valence-electron chi connectivity index (χ0n) is 8.84. The van der Waals surface area contributed by atoms with Gasteiger partial charge in [0.05, 0.1) is 0 Å². The highest BCUT2D eigenvalue weighted by molar-refractivity contribution is 5.69. The van der Waals surface area contributed by atoms with Crippen LogP contribution in [0.3, 0.4) is 0 Å². The van der Waals surface area contributed by atoms with Gasteiger partial charge in [-0.15, -0.1) is 0 Å². The van der Waals surface area contributed by atoms with E-state index in [4.69, 9.17) is 4.74 Å². The van der Waals surface area contributed by atoms with Crippen LogP contribution in [-0.2, 0) is 9.53 Å². The molecule has 0 N–H and O–H groups in total. The van der Waals surface area contributed by atoms with Crippen molar-refractivity contribution in [2.24, 2.45) is 0 Å². The molecule has 0 saturated carbocycles. The van der Waals surface area contributed by atoms with Gasteiger partial charge >= 0.3 is 5.97 Å². The third kappa shape index (κ3) is 5.79. The Bertz CT molecular complexity index is 185. The third-order valence-electron chi connectivity index (χ3n) is 2.51. The molecule has 0 aromatic heterocycles. The lowest BCUT2D eigenvalue weighted by Crippen LogP contribution is -2.03. The summed E-state index contributed by atoms with van der Waals surface area (Å²) in [5, 5.41) is 0. The van der Waals surface area contributed by atoms with E-state index >= 15 is 0 Å². The zero-order chi connectivity index (χ0) is 10.1. The number of ether oxygens (including phenoxy) is 1. The van der Waals surface area contributed by atoms with Crippen LogP contribution in [-0.4, -0.2) is 12.6 Å². The van der Waals surface area contributed by atoms with Crippen LogP contribution in [0, 0.1) is 0 Å². The fourth-order valence-electron chi connectivity index (χ4n) is 1.64. The molecule has 0 aliphatic carbocycles. The van der Waals surface area contributed by atoms with Gasteiger partial charge in [-0.2, -0.15) is 0 Å². The van der Waals surface area contributed by atoms with E-state index in [1.807, 2.05) is 6.08 Å². The normalized spacial score (nSPS) is 23.9. The van der Waals surface area contributed by atoms with Crippen molar-refractivity contribution in [2.75, 3.05) is 6.61 Å². The van der Waals surface area contributed by atoms with Crippen LogP contribution in [0.25, 0.3) is 0 Å². The number of cyclic esters (lactones) is 1. The minimum atomic E-state index is -0.0473. The van der Waals surface area contributed by atoms with Gasteiger partial charge in [0, 0.05) is 6.42 Å². The molecule has 2 heteroatoms. The summed E-state index contributed by atoms with van der Waals surface area (Å²) in [7, 11) is 0. The molecule has 0 aromatic carbocycles. The maximum atomic E-state index is 11.1. The number of allylic oxidation sites excluding steroid dienone is 1.